The Morgan fingerprint density at radius 2 is 0.526 bits per heavy atom. The van der Waals surface area contributed by atoms with Crippen LogP contribution in [0.1, 0.15) is 284 Å². The first kappa shape index (κ1) is 71.8. The van der Waals surface area contributed by atoms with E-state index < -0.39 is 6.10 Å². The Morgan fingerprint density at radius 1 is 0.276 bits per heavy atom. The monoisotopic (exact) mass is 1050 g/mol. The minimum atomic E-state index is -0.794. The molecule has 0 bridgehead atoms. The van der Waals surface area contributed by atoms with E-state index in [1.807, 2.05) is 0 Å². The van der Waals surface area contributed by atoms with Gasteiger partial charge in [0, 0.05) is 19.3 Å². The molecule has 76 heavy (non-hydrogen) atoms. The van der Waals surface area contributed by atoms with Gasteiger partial charge in [0.15, 0.2) is 6.10 Å². The number of unbranched alkanes of at least 4 members (excludes halogenated alkanes) is 25. The molecular weight excluding hydrogens is 937 g/mol. The average molecular weight is 1050 g/mol. The molecule has 0 aromatic carbocycles. The van der Waals surface area contributed by atoms with Gasteiger partial charge in [0.2, 0.25) is 0 Å². The number of hydrogen-bond acceptors (Lipinski definition) is 6. The number of hydrogen-bond donors (Lipinski definition) is 0. The standard InChI is InChI=1S/C70H116O6/c1-4-7-10-13-16-19-22-25-27-28-29-30-31-32-33-34-35-36-37-38-39-40-41-42-43-46-48-51-54-57-60-63-69(72)75-66-67(65-74-68(71)62-59-56-53-50-47-44-24-21-18-15-12-9-6-3)76-70(73)64-61-58-55-52-49-45-26-23-20-17-14-11-8-5-2/h7,10,14,16-17,19,21,23-27,29-30,32-33,35-36,38-39,67H,4-6,8-9,11-13,15,18,20,22,28,31,34,37,40-66H2,1-3H3/b10-7-,17-14-,19-16-,24-21-,26-23-,27-25-,30-29-,33-32-,36-35-,39-38-. The van der Waals surface area contributed by atoms with Crippen molar-refractivity contribution >= 4 is 17.9 Å². The molecule has 0 amide bonds. The maximum absolute atomic E-state index is 12.9. The van der Waals surface area contributed by atoms with Crippen LogP contribution >= 0.6 is 0 Å². The van der Waals surface area contributed by atoms with Crippen LogP contribution in [0.4, 0.5) is 0 Å². The third kappa shape index (κ3) is 60.7. The lowest BCUT2D eigenvalue weighted by Gasteiger charge is -2.18. The topological polar surface area (TPSA) is 78.9 Å². The molecule has 0 saturated heterocycles. The Balaban J connectivity index is 4.28. The van der Waals surface area contributed by atoms with Crippen molar-refractivity contribution in [2.75, 3.05) is 13.2 Å². The summed E-state index contributed by atoms with van der Waals surface area (Å²) >= 11 is 0. The number of carbonyl (C=O) groups is 3. The summed E-state index contributed by atoms with van der Waals surface area (Å²) in [4.78, 5) is 38.2. The molecule has 6 nitrogen and oxygen atoms in total. The van der Waals surface area contributed by atoms with E-state index in [9.17, 15) is 14.4 Å². The number of carbonyl (C=O) groups excluding carboxylic acids is 3. The first-order valence-corrected chi connectivity index (χ1v) is 31.5. The molecule has 0 saturated carbocycles. The van der Waals surface area contributed by atoms with E-state index in [4.69, 9.17) is 14.2 Å². The molecule has 432 valence electrons. The molecule has 0 aliphatic rings. The van der Waals surface area contributed by atoms with Crippen molar-refractivity contribution in [2.24, 2.45) is 0 Å². The number of ether oxygens (including phenoxy) is 3. The highest BCUT2D eigenvalue weighted by Crippen LogP contribution is 2.15. The maximum Gasteiger partial charge on any atom is 0.306 e. The highest BCUT2D eigenvalue weighted by atomic mass is 16.6. The van der Waals surface area contributed by atoms with Gasteiger partial charge in [0.05, 0.1) is 0 Å². The van der Waals surface area contributed by atoms with Gasteiger partial charge in [0.25, 0.3) is 0 Å². The quantitative estimate of drug-likeness (QED) is 0.0261. The van der Waals surface area contributed by atoms with Crippen LogP contribution in [-0.2, 0) is 28.6 Å². The Labute approximate surface area is 469 Å². The van der Waals surface area contributed by atoms with Crippen molar-refractivity contribution in [1.29, 1.82) is 0 Å². The molecule has 6 heteroatoms. The van der Waals surface area contributed by atoms with Crippen molar-refractivity contribution in [3.8, 4) is 0 Å². The Bertz CT molecular complexity index is 1590. The molecule has 0 aromatic rings. The highest BCUT2D eigenvalue weighted by Gasteiger charge is 2.19. The van der Waals surface area contributed by atoms with Crippen molar-refractivity contribution < 1.29 is 28.6 Å². The molecule has 0 aliphatic heterocycles. The van der Waals surface area contributed by atoms with Gasteiger partial charge in [-0.3, -0.25) is 14.4 Å². The van der Waals surface area contributed by atoms with Gasteiger partial charge in [-0.05, 0) is 128 Å². The van der Waals surface area contributed by atoms with Crippen LogP contribution < -0.4 is 0 Å². The summed E-state index contributed by atoms with van der Waals surface area (Å²) < 4.78 is 16.9. The largest absolute Gasteiger partial charge is 0.462 e. The molecule has 0 fully saturated rings. The van der Waals surface area contributed by atoms with Gasteiger partial charge in [-0.1, -0.05) is 258 Å². The number of esters is 3. The SMILES string of the molecule is CC/C=C\C/C=C\C/C=C\C/C=C\C/C=C\C/C=C\C/C=C\CCCCCCCCCCCC(=O)OCC(COC(=O)CCCCCCC/C=C\CCCCCC)OC(=O)CCCCCCC/C=C\C/C=C\CCCC. The molecule has 0 rings (SSSR count). The predicted octanol–water partition coefficient (Wildman–Crippen LogP) is 21.6. The third-order valence-corrected chi connectivity index (χ3v) is 13.2. The average Bonchev–Trinajstić information content (AvgIpc) is 3.42. The second kappa shape index (κ2) is 63.3. The summed E-state index contributed by atoms with van der Waals surface area (Å²) in [5.74, 6) is -0.917. The Morgan fingerprint density at radius 3 is 0.855 bits per heavy atom. The molecule has 0 aromatic heterocycles. The van der Waals surface area contributed by atoms with Crippen LogP contribution in [0, 0.1) is 0 Å². The minimum absolute atomic E-state index is 0.0908. The van der Waals surface area contributed by atoms with Gasteiger partial charge >= 0.3 is 17.9 Å². The predicted molar refractivity (Wildman–Crippen MR) is 330 cm³/mol. The summed E-state index contributed by atoms with van der Waals surface area (Å²) in [6, 6.07) is 0. The van der Waals surface area contributed by atoms with Crippen molar-refractivity contribution in [3.63, 3.8) is 0 Å². The molecule has 0 spiro atoms. The van der Waals surface area contributed by atoms with E-state index in [0.717, 1.165) is 141 Å². The lowest BCUT2D eigenvalue weighted by molar-refractivity contribution is -0.167. The van der Waals surface area contributed by atoms with E-state index in [2.05, 4.69) is 142 Å². The van der Waals surface area contributed by atoms with Crippen LogP contribution in [0.5, 0.6) is 0 Å². The van der Waals surface area contributed by atoms with Crippen LogP contribution in [0.3, 0.4) is 0 Å². The zero-order valence-corrected chi connectivity index (χ0v) is 49.5. The van der Waals surface area contributed by atoms with Gasteiger partial charge in [-0.2, -0.15) is 0 Å². The Kier molecular flexibility index (Phi) is 59.9. The van der Waals surface area contributed by atoms with Crippen molar-refractivity contribution in [3.05, 3.63) is 122 Å². The maximum atomic E-state index is 12.9. The molecule has 1 unspecified atom stereocenters. The number of allylic oxidation sites excluding steroid dienone is 20. The van der Waals surface area contributed by atoms with Gasteiger partial charge in [-0.15, -0.1) is 0 Å². The van der Waals surface area contributed by atoms with Crippen LogP contribution in [0.2, 0.25) is 0 Å². The summed E-state index contributed by atoms with van der Waals surface area (Å²) in [6.07, 6.45) is 87.7. The summed E-state index contributed by atoms with van der Waals surface area (Å²) in [7, 11) is 0. The summed E-state index contributed by atoms with van der Waals surface area (Å²) in [5, 5.41) is 0. The van der Waals surface area contributed by atoms with E-state index in [0.29, 0.717) is 19.3 Å². The lowest BCUT2D eigenvalue weighted by Crippen LogP contribution is -2.30. The lowest BCUT2D eigenvalue weighted by atomic mass is 10.1. The van der Waals surface area contributed by atoms with Gasteiger partial charge in [0.1, 0.15) is 13.2 Å². The normalized spacial score (nSPS) is 12.9. The first-order chi connectivity index (χ1) is 37.5. The summed E-state index contributed by atoms with van der Waals surface area (Å²) in [5.41, 5.74) is 0. The van der Waals surface area contributed by atoms with Crippen molar-refractivity contribution in [1.82, 2.24) is 0 Å². The fraction of sp³-hybridized carbons (Fsp3) is 0.671. The minimum Gasteiger partial charge on any atom is -0.462 e. The van der Waals surface area contributed by atoms with E-state index in [1.54, 1.807) is 0 Å². The molecule has 1 atom stereocenters. The number of rotatable bonds is 56. The zero-order valence-electron chi connectivity index (χ0n) is 49.5. The molecule has 0 radical (unpaired) electrons. The highest BCUT2D eigenvalue weighted by molar-refractivity contribution is 5.71. The fourth-order valence-electron chi connectivity index (χ4n) is 8.43. The zero-order chi connectivity index (χ0) is 55.0. The van der Waals surface area contributed by atoms with E-state index >= 15 is 0 Å². The molecule has 0 heterocycles. The van der Waals surface area contributed by atoms with Gasteiger partial charge < -0.3 is 14.2 Å². The third-order valence-electron chi connectivity index (χ3n) is 13.2. The van der Waals surface area contributed by atoms with Crippen LogP contribution in [-0.4, -0.2) is 37.2 Å². The molecule has 0 aliphatic carbocycles. The molecule has 0 N–H and O–H groups in total. The van der Waals surface area contributed by atoms with Crippen LogP contribution in [0.15, 0.2) is 122 Å². The summed E-state index contributed by atoms with van der Waals surface area (Å²) in [6.45, 7) is 6.45. The van der Waals surface area contributed by atoms with Crippen molar-refractivity contribution in [2.45, 2.75) is 290 Å². The smallest absolute Gasteiger partial charge is 0.306 e. The van der Waals surface area contributed by atoms with Crippen LogP contribution in [0.25, 0.3) is 0 Å². The first-order valence-electron chi connectivity index (χ1n) is 31.5. The van der Waals surface area contributed by atoms with Gasteiger partial charge in [-0.25, -0.2) is 0 Å². The fourth-order valence-corrected chi connectivity index (χ4v) is 8.43. The van der Waals surface area contributed by atoms with E-state index in [-0.39, 0.29) is 31.1 Å². The second-order valence-electron chi connectivity index (χ2n) is 20.6. The molecular formula is C70H116O6. The van der Waals surface area contributed by atoms with E-state index in [1.165, 1.54) is 103 Å². The Hall–Kier alpha value is -4.19. The second-order valence-corrected chi connectivity index (χ2v) is 20.6.